The summed E-state index contributed by atoms with van der Waals surface area (Å²) in [6, 6.07) is 28.5. The number of piperazine rings is 1. The number of carbonyl (C=O) groups is 1. The zero-order valence-corrected chi connectivity index (χ0v) is 19.0. The molecular weight excluding hydrogens is 430 g/mol. The first-order valence-corrected chi connectivity index (χ1v) is 11.9. The highest BCUT2D eigenvalue weighted by molar-refractivity contribution is 8.18. The van der Waals surface area contributed by atoms with Gasteiger partial charge in [-0.1, -0.05) is 78.9 Å². The smallest absolute Gasteiger partial charge is 0.286 e. The summed E-state index contributed by atoms with van der Waals surface area (Å²) in [5, 5.41) is 10.8. The number of rotatable bonds is 4. The molecule has 2 heterocycles. The van der Waals surface area contributed by atoms with Gasteiger partial charge in [-0.2, -0.15) is 4.99 Å². The highest BCUT2D eigenvalue weighted by Crippen LogP contribution is 2.34. The van der Waals surface area contributed by atoms with Crippen LogP contribution in [0.1, 0.15) is 22.7 Å². The number of phenolic OH excluding ortho intramolecular Hbond substituents is 1. The molecule has 0 bridgehead atoms. The summed E-state index contributed by atoms with van der Waals surface area (Å²) in [6.45, 7) is 3.36. The van der Waals surface area contributed by atoms with Gasteiger partial charge in [0.15, 0.2) is 5.17 Å². The normalized spacial score (nSPS) is 18.2. The van der Waals surface area contributed by atoms with Crippen molar-refractivity contribution in [3.63, 3.8) is 0 Å². The highest BCUT2D eigenvalue weighted by atomic mass is 32.2. The van der Waals surface area contributed by atoms with Gasteiger partial charge < -0.3 is 10.0 Å². The number of amidine groups is 1. The number of phenols is 1. The van der Waals surface area contributed by atoms with E-state index in [1.165, 1.54) is 22.9 Å². The Bertz CT molecular complexity index is 1150. The third-order valence-electron chi connectivity index (χ3n) is 6.01. The number of amides is 1. The van der Waals surface area contributed by atoms with Crippen LogP contribution in [0.4, 0.5) is 0 Å². The Morgan fingerprint density at radius 3 is 2.00 bits per heavy atom. The van der Waals surface area contributed by atoms with E-state index in [2.05, 4.69) is 75.5 Å². The summed E-state index contributed by atoms with van der Waals surface area (Å²) < 4.78 is 0. The van der Waals surface area contributed by atoms with Crippen molar-refractivity contribution in [2.75, 3.05) is 26.2 Å². The molecule has 3 aromatic rings. The number of carbonyl (C=O) groups excluding carboxylic acids is 1. The van der Waals surface area contributed by atoms with Crippen LogP contribution in [0, 0.1) is 0 Å². The van der Waals surface area contributed by atoms with E-state index < -0.39 is 0 Å². The van der Waals surface area contributed by atoms with Crippen molar-refractivity contribution in [1.82, 2.24) is 9.80 Å². The molecule has 0 atom stereocenters. The van der Waals surface area contributed by atoms with Crippen LogP contribution in [0.3, 0.4) is 0 Å². The number of hydrogen-bond donors (Lipinski definition) is 1. The van der Waals surface area contributed by atoms with Crippen LogP contribution < -0.4 is 0 Å². The number of aliphatic imine (C=N–C) groups is 1. The molecule has 5 nitrogen and oxygen atoms in total. The van der Waals surface area contributed by atoms with Gasteiger partial charge in [-0.3, -0.25) is 9.69 Å². The molecule has 2 aliphatic rings. The van der Waals surface area contributed by atoms with E-state index in [0.717, 1.165) is 31.3 Å². The van der Waals surface area contributed by atoms with E-state index in [9.17, 15) is 9.90 Å². The van der Waals surface area contributed by atoms with Gasteiger partial charge in [-0.25, -0.2) is 0 Å². The average Bonchev–Trinajstić information content (AvgIpc) is 3.23. The third kappa shape index (κ3) is 4.72. The van der Waals surface area contributed by atoms with Gasteiger partial charge in [0.1, 0.15) is 5.75 Å². The van der Waals surface area contributed by atoms with Gasteiger partial charge in [-0.05, 0) is 35.0 Å². The highest BCUT2D eigenvalue weighted by Gasteiger charge is 2.31. The van der Waals surface area contributed by atoms with Gasteiger partial charge in [0.05, 0.1) is 10.9 Å². The Morgan fingerprint density at radius 2 is 1.39 bits per heavy atom. The number of nitrogens with zero attached hydrogens (tertiary/aromatic N) is 3. The van der Waals surface area contributed by atoms with Crippen LogP contribution in [0.2, 0.25) is 0 Å². The second-order valence-electron chi connectivity index (χ2n) is 8.12. The van der Waals surface area contributed by atoms with E-state index in [-0.39, 0.29) is 17.7 Å². The average molecular weight is 456 g/mol. The molecule has 1 saturated heterocycles. The second-order valence-corrected chi connectivity index (χ2v) is 9.13. The van der Waals surface area contributed by atoms with Crippen molar-refractivity contribution in [1.29, 1.82) is 0 Å². The molecule has 3 aromatic carbocycles. The zero-order chi connectivity index (χ0) is 22.6. The first-order valence-electron chi connectivity index (χ1n) is 11.1. The van der Waals surface area contributed by atoms with Crippen molar-refractivity contribution in [2.45, 2.75) is 6.04 Å². The number of benzene rings is 3. The molecular formula is C27H25N3O2S. The standard InChI is InChI=1S/C27H25N3O2S/c31-23-14-8-7-13-22(23)19-24-26(32)28-27(33-24)30-17-15-29(16-18-30)25(20-9-3-1-4-10-20)21-11-5-2-6-12-21/h1-14,19,25,31H,15-18H2. The largest absolute Gasteiger partial charge is 0.507 e. The fourth-order valence-corrected chi connectivity index (χ4v) is 5.30. The molecule has 6 heteroatoms. The van der Waals surface area contributed by atoms with Gasteiger partial charge in [0, 0.05) is 31.7 Å². The van der Waals surface area contributed by atoms with Crippen LogP contribution in [-0.4, -0.2) is 52.2 Å². The van der Waals surface area contributed by atoms with Crippen LogP contribution in [-0.2, 0) is 4.79 Å². The molecule has 0 spiro atoms. The predicted molar refractivity (Wildman–Crippen MR) is 134 cm³/mol. The summed E-state index contributed by atoms with van der Waals surface area (Å²) in [4.78, 5) is 22.0. The van der Waals surface area contributed by atoms with Crippen LogP contribution in [0.15, 0.2) is 94.8 Å². The van der Waals surface area contributed by atoms with Crippen molar-refractivity contribution in [2.24, 2.45) is 4.99 Å². The molecule has 0 aromatic heterocycles. The second kappa shape index (κ2) is 9.65. The van der Waals surface area contributed by atoms with Crippen LogP contribution in [0.5, 0.6) is 5.75 Å². The Balaban J connectivity index is 1.29. The Morgan fingerprint density at radius 1 is 0.818 bits per heavy atom. The lowest BCUT2D eigenvalue weighted by atomic mass is 9.96. The minimum absolute atomic E-state index is 0.160. The fourth-order valence-electron chi connectivity index (χ4n) is 4.34. The number of aromatic hydroxyl groups is 1. The van der Waals surface area contributed by atoms with Gasteiger partial charge >= 0.3 is 0 Å². The summed E-state index contributed by atoms with van der Waals surface area (Å²) in [7, 11) is 0. The molecule has 1 N–H and O–H groups in total. The summed E-state index contributed by atoms with van der Waals surface area (Å²) >= 11 is 1.39. The molecule has 0 unspecified atom stereocenters. The maximum absolute atomic E-state index is 12.5. The van der Waals surface area contributed by atoms with Gasteiger partial charge in [0.25, 0.3) is 5.91 Å². The fraction of sp³-hybridized carbons (Fsp3) is 0.185. The first-order chi connectivity index (χ1) is 16.2. The maximum Gasteiger partial charge on any atom is 0.286 e. The van der Waals surface area contributed by atoms with Crippen molar-refractivity contribution < 1.29 is 9.90 Å². The maximum atomic E-state index is 12.5. The van der Waals surface area contributed by atoms with E-state index in [0.29, 0.717) is 10.5 Å². The van der Waals surface area contributed by atoms with Gasteiger partial charge in [-0.15, -0.1) is 0 Å². The topological polar surface area (TPSA) is 56.1 Å². The van der Waals surface area contributed by atoms with Gasteiger partial charge in [0.2, 0.25) is 0 Å². The zero-order valence-electron chi connectivity index (χ0n) is 18.2. The van der Waals surface area contributed by atoms with E-state index in [1.54, 1.807) is 24.3 Å². The molecule has 1 amide bonds. The summed E-state index contributed by atoms with van der Waals surface area (Å²) in [5.41, 5.74) is 3.20. The monoisotopic (exact) mass is 455 g/mol. The molecule has 166 valence electrons. The van der Waals surface area contributed by atoms with Crippen LogP contribution in [0.25, 0.3) is 6.08 Å². The quantitative estimate of drug-likeness (QED) is 0.575. The first kappa shape index (κ1) is 21.5. The predicted octanol–water partition coefficient (Wildman–Crippen LogP) is 4.77. The SMILES string of the molecule is O=C1N=C(N2CCN(C(c3ccccc3)c3ccccc3)CC2)SC1=Cc1ccccc1O. The minimum Gasteiger partial charge on any atom is -0.507 e. The van der Waals surface area contributed by atoms with Crippen molar-refractivity contribution in [3.05, 3.63) is 107 Å². The lowest BCUT2D eigenvalue weighted by molar-refractivity contribution is -0.113. The Labute approximate surface area is 198 Å². The molecule has 0 radical (unpaired) electrons. The molecule has 1 fully saturated rings. The lowest BCUT2D eigenvalue weighted by Gasteiger charge is -2.40. The Kier molecular flexibility index (Phi) is 6.28. The number of para-hydroxylation sites is 1. The molecule has 2 aliphatic heterocycles. The molecule has 0 saturated carbocycles. The van der Waals surface area contributed by atoms with E-state index in [4.69, 9.17) is 0 Å². The van der Waals surface area contributed by atoms with Crippen molar-refractivity contribution >= 4 is 28.9 Å². The summed E-state index contributed by atoms with van der Waals surface area (Å²) in [6.07, 6.45) is 1.72. The Hall–Kier alpha value is -3.35. The number of thioether (sulfide) groups is 1. The van der Waals surface area contributed by atoms with Crippen molar-refractivity contribution in [3.8, 4) is 5.75 Å². The minimum atomic E-state index is -0.243. The molecule has 0 aliphatic carbocycles. The van der Waals surface area contributed by atoms with E-state index in [1.807, 2.05) is 6.07 Å². The van der Waals surface area contributed by atoms with E-state index >= 15 is 0 Å². The summed E-state index contributed by atoms with van der Waals surface area (Å²) in [5.74, 6) is -0.0829. The lowest BCUT2D eigenvalue weighted by Crippen LogP contribution is -2.49. The number of hydrogen-bond acceptors (Lipinski definition) is 5. The molecule has 33 heavy (non-hydrogen) atoms. The van der Waals surface area contributed by atoms with Crippen LogP contribution >= 0.6 is 11.8 Å². The third-order valence-corrected chi connectivity index (χ3v) is 7.06. The molecule has 5 rings (SSSR count).